The summed E-state index contributed by atoms with van der Waals surface area (Å²) in [6.07, 6.45) is 3.43. The molecule has 5 nitrogen and oxygen atoms in total. The lowest BCUT2D eigenvalue weighted by Crippen LogP contribution is -2.25. The molecule has 33 heavy (non-hydrogen) atoms. The lowest BCUT2D eigenvalue weighted by Gasteiger charge is -2.15. The zero-order chi connectivity index (χ0) is 24.4. The van der Waals surface area contributed by atoms with Gasteiger partial charge in [0.25, 0.3) is 5.91 Å². The van der Waals surface area contributed by atoms with Gasteiger partial charge in [-0.3, -0.25) is 4.79 Å². The van der Waals surface area contributed by atoms with Crippen LogP contribution in [0.15, 0.2) is 35.5 Å². The van der Waals surface area contributed by atoms with Crippen LogP contribution in [-0.2, 0) is 11.2 Å². The summed E-state index contributed by atoms with van der Waals surface area (Å²) in [7, 11) is 1.47. The molecule has 174 valence electrons. The molecule has 0 saturated carbocycles. The van der Waals surface area contributed by atoms with Crippen LogP contribution in [0.4, 0.5) is 27.6 Å². The standard InChI is InChI=1S/C23H19F5N2O3/c1-5-7-13-8-12(10-15(33-6-2)22(13)32-4)9-14-11(3)29-30(23(14)31)21-19(27)17(25)16(24)18(26)20(21)28/h5,8-10H,1,6-7H2,2-4H3/b14-9+. The fourth-order valence-corrected chi connectivity index (χ4v) is 3.35. The van der Waals surface area contributed by atoms with Crippen LogP contribution in [0.25, 0.3) is 6.08 Å². The second-order valence-electron chi connectivity index (χ2n) is 6.92. The van der Waals surface area contributed by atoms with E-state index in [1.807, 2.05) is 0 Å². The molecule has 0 atom stereocenters. The van der Waals surface area contributed by atoms with Gasteiger partial charge in [0.05, 0.1) is 25.0 Å². The Bertz CT molecular complexity index is 1180. The zero-order valence-electron chi connectivity index (χ0n) is 17.9. The maximum atomic E-state index is 14.2. The molecule has 0 radical (unpaired) electrons. The summed E-state index contributed by atoms with van der Waals surface area (Å²) in [6, 6.07) is 3.28. The number of halogens is 5. The number of hydrazone groups is 1. The molecule has 0 saturated heterocycles. The molecule has 0 N–H and O–H groups in total. The van der Waals surface area contributed by atoms with Gasteiger partial charge in [-0.1, -0.05) is 6.08 Å². The molecule has 0 spiro atoms. The predicted molar refractivity (Wildman–Crippen MR) is 113 cm³/mol. The van der Waals surface area contributed by atoms with Gasteiger partial charge < -0.3 is 9.47 Å². The summed E-state index contributed by atoms with van der Waals surface area (Å²) in [5.41, 5.74) is -0.370. The van der Waals surface area contributed by atoms with E-state index in [4.69, 9.17) is 9.47 Å². The highest BCUT2D eigenvalue weighted by molar-refractivity contribution is 6.32. The Hall–Kier alpha value is -3.69. The van der Waals surface area contributed by atoms with Crippen molar-refractivity contribution < 1.29 is 36.2 Å². The van der Waals surface area contributed by atoms with Crippen LogP contribution >= 0.6 is 0 Å². The molecule has 2 aromatic rings. The van der Waals surface area contributed by atoms with E-state index in [9.17, 15) is 26.7 Å². The highest BCUT2D eigenvalue weighted by Gasteiger charge is 2.37. The van der Waals surface area contributed by atoms with Crippen molar-refractivity contribution in [3.05, 3.63) is 70.6 Å². The predicted octanol–water partition coefficient (Wildman–Crippen LogP) is 5.32. The third-order valence-corrected chi connectivity index (χ3v) is 4.79. The van der Waals surface area contributed by atoms with E-state index < -0.39 is 40.7 Å². The molecule has 3 rings (SSSR count). The minimum atomic E-state index is -2.33. The Morgan fingerprint density at radius 2 is 1.67 bits per heavy atom. The Balaban J connectivity index is 2.11. The molecular formula is C23H19F5N2O3. The maximum Gasteiger partial charge on any atom is 0.280 e. The van der Waals surface area contributed by atoms with Gasteiger partial charge in [0.2, 0.25) is 5.82 Å². The average molecular weight is 466 g/mol. The van der Waals surface area contributed by atoms with E-state index in [1.165, 1.54) is 20.1 Å². The van der Waals surface area contributed by atoms with Crippen molar-refractivity contribution in [3.8, 4) is 11.5 Å². The zero-order valence-corrected chi connectivity index (χ0v) is 17.9. The number of carbonyl (C=O) groups excluding carboxylic acids is 1. The van der Waals surface area contributed by atoms with Crippen molar-refractivity contribution in [2.45, 2.75) is 20.3 Å². The van der Waals surface area contributed by atoms with Crippen LogP contribution in [-0.4, -0.2) is 25.3 Å². The van der Waals surface area contributed by atoms with Crippen molar-refractivity contribution >= 4 is 23.4 Å². The third kappa shape index (κ3) is 4.20. The number of hydrogen-bond donors (Lipinski definition) is 0. The number of nitrogens with zero attached hydrogens (tertiary/aromatic N) is 2. The van der Waals surface area contributed by atoms with Crippen molar-refractivity contribution in [3.63, 3.8) is 0 Å². The van der Waals surface area contributed by atoms with E-state index in [0.717, 1.165) is 0 Å². The Morgan fingerprint density at radius 3 is 2.21 bits per heavy atom. The number of ether oxygens (including phenoxy) is 2. The molecular weight excluding hydrogens is 447 g/mol. The first-order valence-corrected chi connectivity index (χ1v) is 9.73. The van der Waals surface area contributed by atoms with E-state index >= 15 is 0 Å². The topological polar surface area (TPSA) is 51.1 Å². The number of carbonyl (C=O) groups is 1. The number of rotatable bonds is 7. The number of anilines is 1. The van der Waals surface area contributed by atoms with E-state index in [-0.39, 0.29) is 16.3 Å². The molecule has 1 aliphatic heterocycles. The molecule has 0 bridgehead atoms. The van der Waals surface area contributed by atoms with Gasteiger partial charge in [-0.2, -0.15) is 10.1 Å². The average Bonchev–Trinajstić information content (AvgIpc) is 3.05. The van der Waals surface area contributed by atoms with E-state index in [0.29, 0.717) is 35.7 Å². The van der Waals surface area contributed by atoms with Crippen molar-refractivity contribution in [2.24, 2.45) is 5.10 Å². The third-order valence-electron chi connectivity index (χ3n) is 4.79. The smallest absolute Gasteiger partial charge is 0.280 e. The molecule has 0 aliphatic carbocycles. The van der Waals surface area contributed by atoms with Crippen LogP contribution in [0, 0.1) is 29.1 Å². The van der Waals surface area contributed by atoms with Crippen molar-refractivity contribution in [1.82, 2.24) is 0 Å². The van der Waals surface area contributed by atoms with Gasteiger partial charge in [-0.15, -0.1) is 6.58 Å². The number of allylic oxidation sites excluding steroid dienone is 1. The molecule has 1 amide bonds. The fraction of sp³-hybridized carbons (Fsp3) is 0.217. The first kappa shape index (κ1) is 24.0. The Morgan fingerprint density at radius 1 is 1.06 bits per heavy atom. The number of amides is 1. The fourth-order valence-electron chi connectivity index (χ4n) is 3.35. The lowest BCUT2D eigenvalue weighted by molar-refractivity contribution is -0.114. The normalized spacial score (nSPS) is 14.7. The van der Waals surface area contributed by atoms with Gasteiger partial charge in [-0.05, 0) is 44.0 Å². The molecule has 0 fully saturated rings. The Labute approximate surface area is 186 Å². The minimum absolute atomic E-state index is 0.0167. The van der Waals surface area contributed by atoms with Crippen molar-refractivity contribution in [2.75, 3.05) is 18.7 Å². The molecule has 1 heterocycles. The summed E-state index contributed by atoms with van der Waals surface area (Å²) in [5.74, 6) is -11.2. The van der Waals surface area contributed by atoms with Crippen LogP contribution in [0.1, 0.15) is 25.0 Å². The number of benzene rings is 2. The summed E-state index contributed by atoms with van der Waals surface area (Å²) in [6.45, 7) is 7.17. The molecule has 2 aromatic carbocycles. The maximum absolute atomic E-state index is 14.2. The van der Waals surface area contributed by atoms with Crippen LogP contribution < -0.4 is 14.5 Å². The van der Waals surface area contributed by atoms with Gasteiger partial charge in [0, 0.05) is 5.56 Å². The van der Waals surface area contributed by atoms with E-state index in [2.05, 4.69) is 11.7 Å². The summed E-state index contributed by atoms with van der Waals surface area (Å²) < 4.78 is 80.1. The van der Waals surface area contributed by atoms with Gasteiger partial charge in [0.15, 0.2) is 34.8 Å². The highest BCUT2D eigenvalue weighted by atomic mass is 19.2. The molecule has 0 aromatic heterocycles. The first-order valence-electron chi connectivity index (χ1n) is 9.73. The summed E-state index contributed by atoms with van der Waals surface area (Å²) in [5, 5.41) is 3.89. The minimum Gasteiger partial charge on any atom is -0.493 e. The monoisotopic (exact) mass is 466 g/mol. The molecule has 1 aliphatic rings. The lowest BCUT2D eigenvalue weighted by atomic mass is 10.0. The summed E-state index contributed by atoms with van der Waals surface area (Å²) >= 11 is 0. The van der Waals surface area contributed by atoms with Crippen LogP contribution in [0.2, 0.25) is 0 Å². The first-order chi connectivity index (χ1) is 15.7. The van der Waals surface area contributed by atoms with Crippen LogP contribution in [0.3, 0.4) is 0 Å². The largest absolute Gasteiger partial charge is 0.493 e. The van der Waals surface area contributed by atoms with E-state index in [1.54, 1.807) is 25.1 Å². The quantitative estimate of drug-likeness (QED) is 0.182. The van der Waals surface area contributed by atoms with Crippen LogP contribution in [0.5, 0.6) is 11.5 Å². The second kappa shape index (κ2) is 9.43. The summed E-state index contributed by atoms with van der Waals surface area (Å²) in [4.78, 5) is 12.9. The Kier molecular flexibility index (Phi) is 6.85. The van der Waals surface area contributed by atoms with Gasteiger partial charge in [0.1, 0.15) is 5.69 Å². The number of methoxy groups -OCH3 is 1. The highest BCUT2D eigenvalue weighted by Crippen LogP contribution is 2.36. The molecule has 10 heteroatoms. The molecule has 0 unspecified atom stereocenters. The number of hydrogen-bond acceptors (Lipinski definition) is 4. The van der Waals surface area contributed by atoms with Gasteiger partial charge in [-0.25, -0.2) is 22.0 Å². The SMILES string of the molecule is C=CCc1cc(/C=C2/C(=O)N(c3c(F)c(F)c(F)c(F)c3F)N=C2C)cc(OCC)c1OC. The second-order valence-corrected chi connectivity index (χ2v) is 6.92. The van der Waals surface area contributed by atoms with Crippen molar-refractivity contribution in [1.29, 1.82) is 0 Å². The van der Waals surface area contributed by atoms with Gasteiger partial charge >= 0.3 is 0 Å².